The molecule has 1 fully saturated rings. The Hall–Kier alpha value is -2.29. The van der Waals surface area contributed by atoms with Crippen molar-refractivity contribution in [1.82, 2.24) is 10.3 Å². The molecule has 20 heavy (non-hydrogen) atoms. The molecule has 3 nitrogen and oxygen atoms in total. The molecule has 0 amide bonds. The Kier molecular flexibility index (Phi) is 2.97. The molecule has 1 aliphatic carbocycles. The SMILES string of the molecule is C=c1[nH]c(C)c(/C=C\C)/c1=C1/NC2C=CC=CC2C1=N. The minimum Gasteiger partial charge on any atom is -0.376 e. The minimum absolute atomic E-state index is 0.128. The topological polar surface area (TPSA) is 51.7 Å². The van der Waals surface area contributed by atoms with Gasteiger partial charge in [-0.15, -0.1) is 0 Å². The van der Waals surface area contributed by atoms with E-state index in [0.717, 1.165) is 27.5 Å². The zero-order valence-electron chi connectivity index (χ0n) is 11.8. The zero-order valence-corrected chi connectivity index (χ0v) is 11.8. The Morgan fingerprint density at radius 1 is 1.30 bits per heavy atom. The fraction of sp³-hybridized carbons (Fsp3) is 0.235. The summed E-state index contributed by atoms with van der Waals surface area (Å²) >= 11 is 0. The molecule has 0 spiro atoms. The van der Waals surface area contributed by atoms with Crippen molar-refractivity contribution in [2.75, 3.05) is 0 Å². The lowest BCUT2D eigenvalue weighted by molar-refractivity contribution is 0.683. The van der Waals surface area contributed by atoms with Gasteiger partial charge in [0, 0.05) is 27.7 Å². The van der Waals surface area contributed by atoms with E-state index in [1.54, 1.807) is 0 Å². The summed E-state index contributed by atoms with van der Waals surface area (Å²) in [6, 6.07) is 0.190. The Labute approximate surface area is 118 Å². The quantitative estimate of drug-likeness (QED) is 0.710. The lowest BCUT2D eigenvalue weighted by Gasteiger charge is -2.13. The number of hydrogen-bond donors (Lipinski definition) is 3. The van der Waals surface area contributed by atoms with Crippen LogP contribution in [0.2, 0.25) is 0 Å². The largest absolute Gasteiger partial charge is 0.376 e. The standard InChI is InChI=1S/C17H19N3/c1-4-7-12-10(2)19-11(3)15(12)17-16(18)13-8-5-6-9-14(13)20-17/h4-9,13-14,18-20H,3H2,1-2H3/b7-4-,17-15+,18-16?. The molecule has 102 valence electrons. The van der Waals surface area contributed by atoms with Gasteiger partial charge in [-0.2, -0.15) is 0 Å². The molecular weight excluding hydrogens is 246 g/mol. The van der Waals surface area contributed by atoms with Crippen LogP contribution in [-0.2, 0) is 0 Å². The summed E-state index contributed by atoms with van der Waals surface area (Å²) in [5.41, 5.74) is 3.76. The smallest absolute Gasteiger partial charge is 0.0664 e. The number of hydrogen-bond acceptors (Lipinski definition) is 2. The first-order chi connectivity index (χ1) is 9.63. The van der Waals surface area contributed by atoms with Gasteiger partial charge < -0.3 is 15.7 Å². The van der Waals surface area contributed by atoms with Crippen LogP contribution < -0.4 is 15.9 Å². The number of aryl methyl sites for hydroxylation is 1. The van der Waals surface area contributed by atoms with Crippen molar-refractivity contribution in [3.05, 3.63) is 52.2 Å². The molecule has 1 aromatic rings. The fourth-order valence-electron chi connectivity index (χ4n) is 3.01. The van der Waals surface area contributed by atoms with Crippen LogP contribution in [0.25, 0.3) is 18.4 Å². The van der Waals surface area contributed by atoms with Crippen LogP contribution in [0.3, 0.4) is 0 Å². The predicted molar refractivity (Wildman–Crippen MR) is 84.8 cm³/mol. The Bertz CT molecular complexity index is 759. The number of fused-ring (bicyclic) bond motifs is 1. The van der Waals surface area contributed by atoms with E-state index in [1.807, 2.05) is 32.1 Å². The number of H-pyrrole nitrogens is 1. The molecular formula is C17H19N3. The normalized spacial score (nSPS) is 27.2. The van der Waals surface area contributed by atoms with Gasteiger partial charge in [0.15, 0.2) is 0 Å². The summed E-state index contributed by atoms with van der Waals surface area (Å²) in [6.07, 6.45) is 12.3. The number of aromatic nitrogens is 1. The van der Waals surface area contributed by atoms with Gasteiger partial charge in [0.2, 0.25) is 0 Å². The molecule has 0 saturated carbocycles. The summed E-state index contributed by atoms with van der Waals surface area (Å²) in [7, 11) is 0. The Morgan fingerprint density at radius 2 is 2.05 bits per heavy atom. The van der Waals surface area contributed by atoms with Crippen molar-refractivity contribution in [2.24, 2.45) is 5.92 Å². The highest BCUT2D eigenvalue weighted by atomic mass is 15.0. The summed E-state index contributed by atoms with van der Waals surface area (Å²) in [5, 5.41) is 13.8. The van der Waals surface area contributed by atoms with E-state index in [0.29, 0.717) is 5.71 Å². The van der Waals surface area contributed by atoms with E-state index in [-0.39, 0.29) is 12.0 Å². The van der Waals surface area contributed by atoms with E-state index in [2.05, 4.69) is 35.1 Å². The van der Waals surface area contributed by atoms with Crippen molar-refractivity contribution in [3.8, 4) is 0 Å². The molecule has 0 bridgehead atoms. The number of allylic oxidation sites excluding steroid dienone is 3. The molecule has 1 aliphatic heterocycles. The van der Waals surface area contributed by atoms with Crippen LogP contribution in [0.4, 0.5) is 0 Å². The molecule has 3 rings (SSSR count). The second kappa shape index (κ2) is 4.67. The van der Waals surface area contributed by atoms with Gasteiger partial charge in [-0.1, -0.05) is 43.0 Å². The minimum atomic E-state index is 0.128. The van der Waals surface area contributed by atoms with E-state index in [1.165, 1.54) is 0 Å². The van der Waals surface area contributed by atoms with E-state index in [4.69, 9.17) is 5.41 Å². The monoisotopic (exact) mass is 265 g/mol. The second-order valence-electron chi connectivity index (χ2n) is 5.27. The van der Waals surface area contributed by atoms with Crippen LogP contribution in [0, 0.1) is 18.3 Å². The van der Waals surface area contributed by atoms with Gasteiger partial charge >= 0.3 is 0 Å². The average molecular weight is 265 g/mol. The van der Waals surface area contributed by atoms with Crippen LogP contribution in [0.1, 0.15) is 18.2 Å². The molecule has 3 heteroatoms. The molecule has 0 aromatic carbocycles. The fourth-order valence-corrected chi connectivity index (χ4v) is 3.01. The highest BCUT2D eigenvalue weighted by molar-refractivity contribution is 6.21. The molecule has 2 aliphatic rings. The third-order valence-electron chi connectivity index (χ3n) is 3.95. The van der Waals surface area contributed by atoms with Gasteiger partial charge in [0.05, 0.1) is 17.5 Å². The predicted octanol–water partition coefficient (Wildman–Crippen LogP) is 1.61. The molecule has 2 heterocycles. The maximum absolute atomic E-state index is 8.45. The Morgan fingerprint density at radius 3 is 2.75 bits per heavy atom. The summed E-state index contributed by atoms with van der Waals surface area (Å²) in [5.74, 6) is 0.128. The molecule has 1 saturated heterocycles. The number of rotatable bonds is 1. The van der Waals surface area contributed by atoms with Crippen molar-refractivity contribution in [2.45, 2.75) is 19.9 Å². The number of aromatic amines is 1. The highest BCUT2D eigenvalue weighted by Gasteiger charge is 2.33. The van der Waals surface area contributed by atoms with Crippen molar-refractivity contribution in [3.63, 3.8) is 0 Å². The molecule has 2 atom stereocenters. The first kappa shape index (κ1) is 12.7. The van der Waals surface area contributed by atoms with Gasteiger partial charge in [-0.25, -0.2) is 0 Å². The first-order valence-corrected chi connectivity index (χ1v) is 6.88. The summed E-state index contributed by atoms with van der Waals surface area (Å²) in [6.45, 7) is 8.14. The van der Waals surface area contributed by atoms with Crippen LogP contribution >= 0.6 is 0 Å². The average Bonchev–Trinajstić information content (AvgIpc) is 2.89. The zero-order chi connectivity index (χ0) is 14.3. The van der Waals surface area contributed by atoms with Crippen LogP contribution in [0.15, 0.2) is 30.4 Å². The number of nitrogens with one attached hydrogen (secondary N) is 3. The van der Waals surface area contributed by atoms with Crippen LogP contribution in [0.5, 0.6) is 0 Å². The van der Waals surface area contributed by atoms with Gasteiger partial charge in [-0.05, 0) is 13.8 Å². The van der Waals surface area contributed by atoms with Gasteiger partial charge in [-0.3, -0.25) is 0 Å². The van der Waals surface area contributed by atoms with E-state index in [9.17, 15) is 0 Å². The van der Waals surface area contributed by atoms with E-state index >= 15 is 0 Å². The van der Waals surface area contributed by atoms with Crippen molar-refractivity contribution < 1.29 is 0 Å². The lowest BCUT2D eigenvalue weighted by Crippen LogP contribution is -2.32. The summed E-state index contributed by atoms with van der Waals surface area (Å²) in [4.78, 5) is 3.28. The third-order valence-corrected chi connectivity index (χ3v) is 3.95. The molecule has 1 aromatic heterocycles. The molecule has 2 unspecified atom stereocenters. The third kappa shape index (κ3) is 1.78. The molecule has 3 N–H and O–H groups in total. The van der Waals surface area contributed by atoms with E-state index < -0.39 is 0 Å². The maximum Gasteiger partial charge on any atom is 0.0664 e. The van der Waals surface area contributed by atoms with Crippen LogP contribution in [-0.4, -0.2) is 16.7 Å². The summed E-state index contributed by atoms with van der Waals surface area (Å²) < 4.78 is 0. The van der Waals surface area contributed by atoms with Crippen molar-refractivity contribution >= 4 is 24.1 Å². The van der Waals surface area contributed by atoms with Gasteiger partial charge in [0.1, 0.15) is 0 Å². The van der Waals surface area contributed by atoms with Crippen molar-refractivity contribution in [1.29, 1.82) is 5.41 Å². The second-order valence-corrected chi connectivity index (χ2v) is 5.27. The first-order valence-electron chi connectivity index (χ1n) is 6.88. The highest BCUT2D eigenvalue weighted by Crippen LogP contribution is 2.25. The lowest BCUT2D eigenvalue weighted by atomic mass is 9.94. The Balaban J connectivity index is 2.26. The van der Waals surface area contributed by atoms with Gasteiger partial charge in [0.25, 0.3) is 0 Å². The molecule has 0 radical (unpaired) electrons. The maximum atomic E-state index is 8.45.